The summed E-state index contributed by atoms with van der Waals surface area (Å²) in [7, 11) is 0. The Hall–Kier alpha value is -3.38. The molecular formula is C14H7N3O3. The molecule has 2 aromatic rings. The summed E-state index contributed by atoms with van der Waals surface area (Å²) in [5, 5.41) is 28.6. The predicted octanol–water partition coefficient (Wildman–Crippen LogP) is 3.13. The second-order valence-electron chi connectivity index (χ2n) is 3.76. The highest BCUT2D eigenvalue weighted by atomic mass is 16.6. The number of nitriles is 2. The van der Waals surface area contributed by atoms with Crippen LogP contribution in [0.15, 0.2) is 42.5 Å². The summed E-state index contributed by atoms with van der Waals surface area (Å²) in [6.45, 7) is 0. The molecule has 0 bridgehead atoms. The van der Waals surface area contributed by atoms with Crippen LogP contribution in [0.2, 0.25) is 0 Å². The third-order valence-corrected chi connectivity index (χ3v) is 2.52. The lowest BCUT2D eigenvalue weighted by molar-refractivity contribution is -0.385. The van der Waals surface area contributed by atoms with Crippen LogP contribution in [0.4, 0.5) is 5.69 Å². The van der Waals surface area contributed by atoms with Crippen LogP contribution in [-0.2, 0) is 0 Å². The number of nitro benzene ring substituents is 1. The quantitative estimate of drug-likeness (QED) is 0.626. The lowest BCUT2D eigenvalue weighted by Gasteiger charge is -2.07. The molecule has 0 unspecified atom stereocenters. The molecule has 0 saturated heterocycles. The molecule has 0 aromatic heterocycles. The van der Waals surface area contributed by atoms with Gasteiger partial charge in [-0.25, -0.2) is 0 Å². The average Bonchev–Trinajstić information content (AvgIpc) is 2.47. The van der Waals surface area contributed by atoms with E-state index in [1.165, 1.54) is 12.1 Å². The van der Waals surface area contributed by atoms with Crippen molar-refractivity contribution in [2.24, 2.45) is 0 Å². The first-order valence-corrected chi connectivity index (χ1v) is 5.51. The van der Waals surface area contributed by atoms with Crippen molar-refractivity contribution in [3.63, 3.8) is 0 Å². The van der Waals surface area contributed by atoms with Gasteiger partial charge in [-0.3, -0.25) is 10.1 Å². The fraction of sp³-hybridized carbons (Fsp3) is 0. The van der Waals surface area contributed by atoms with E-state index in [0.29, 0.717) is 11.3 Å². The van der Waals surface area contributed by atoms with Gasteiger partial charge in [0.25, 0.3) is 5.69 Å². The van der Waals surface area contributed by atoms with Gasteiger partial charge in [0.05, 0.1) is 16.6 Å². The molecule has 0 amide bonds. The van der Waals surface area contributed by atoms with E-state index in [-0.39, 0.29) is 17.0 Å². The Morgan fingerprint density at radius 3 is 2.40 bits per heavy atom. The van der Waals surface area contributed by atoms with Crippen LogP contribution in [0.1, 0.15) is 11.1 Å². The number of benzene rings is 2. The molecule has 0 radical (unpaired) electrons. The van der Waals surface area contributed by atoms with Gasteiger partial charge in [0.1, 0.15) is 29.2 Å². The van der Waals surface area contributed by atoms with E-state index < -0.39 is 4.92 Å². The lowest BCUT2D eigenvalue weighted by atomic mass is 10.2. The minimum Gasteiger partial charge on any atom is -0.456 e. The van der Waals surface area contributed by atoms with E-state index in [4.69, 9.17) is 15.3 Å². The van der Waals surface area contributed by atoms with Gasteiger partial charge in [-0.15, -0.1) is 0 Å². The summed E-state index contributed by atoms with van der Waals surface area (Å²) in [5.41, 5.74) is -0.0603. The minimum absolute atomic E-state index is 0.0454. The van der Waals surface area contributed by atoms with Gasteiger partial charge in [0.15, 0.2) is 0 Å². The first-order valence-electron chi connectivity index (χ1n) is 5.51. The molecule has 20 heavy (non-hydrogen) atoms. The van der Waals surface area contributed by atoms with Gasteiger partial charge in [-0.05, 0) is 24.3 Å². The van der Waals surface area contributed by atoms with Crippen molar-refractivity contribution in [1.29, 1.82) is 10.5 Å². The molecule has 2 aromatic carbocycles. The van der Waals surface area contributed by atoms with Crippen LogP contribution >= 0.6 is 0 Å². The summed E-state index contributed by atoms with van der Waals surface area (Å²) < 4.78 is 5.45. The molecule has 0 aliphatic rings. The summed E-state index contributed by atoms with van der Waals surface area (Å²) in [4.78, 5) is 10.2. The van der Waals surface area contributed by atoms with Gasteiger partial charge < -0.3 is 4.74 Å². The Morgan fingerprint density at radius 1 is 1.05 bits per heavy atom. The van der Waals surface area contributed by atoms with Crippen LogP contribution in [0.5, 0.6) is 11.5 Å². The van der Waals surface area contributed by atoms with Crippen LogP contribution in [-0.4, -0.2) is 4.92 Å². The molecule has 0 atom stereocenters. The van der Waals surface area contributed by atoms with Crippen molar-refractivity contribution in [3.05, 3.63) is 63.7 Å². The van der Waals surface area contributed by atoms with E-state index in [0.717, 1.165) is 6.07 Å². The van der Waals surface area contributed by atoms with Crippen molar-refractivity contribution < 1.29 is 9.66 Å². The van der Waals surface area contributed by atoms with Gasteiger partial charge in [-0.1, -0.05) is 12.1 Å². The maximum absolute atomic E-state index is 10.9. The highest BCUT2D eigenvalue weighted by Crippen LogP contribution is 2.29. The molecule has 6 nitrogen and oxygen atoms in total. The zero-order valence-electron chi connectivity index (χ0n) is 10.1. The maximum Gasteiger partial charge on any atom is 0.290 e. The standard InChI is InChI=1S/C14H7N3O3/c15-8-10-5-6-12(7-13(10)17(18)19)20-14-4-2-1-3-11(14)9-16/h1-7H. The number of hydrogen-bond acceptors (Lipinski definition) is 5. The van der Waals surface area contributed by atoms with Crippen LogP contribution < -0.4 is 4.74 Å². The fourth-order valence-corrected chi connectivity index (χ4v) is 1.60. The topological polar surface area (TPSA) is 99.9 Å². The first kappa shape index (κ1) is 13.1. The minimum atomic E-state index is -0.651. The number of hydrogen-bond donors (Lipinski definition) is 0. The Morgan fingerprint density at radius 2 is 1.75 bits per heavy atom. The third kappa shape index (κ3) is 2.55. The van der Waals surface area contributed by atoms with Crippen molar-refractivity contribution >= 4 is 5.69 Å². The highest BCUT2D eigenvalue weighted by Gasteiger charge is 2.15. The summed E-state index contributed by atoms with van der Waals surface area (Å²) in [6, 6.07) is 14.2. The number of para-hydroxylation sites is 1. The Kier molecular flexibility index (Phi) is 3.60. The highest BCUT2D eigenvalue weighted by molar-refractivity contribution is 5.54. The molecule has 0 aliphatic heterocycles. The largest absolute Gasteiger partial charge is 0.456 e. The SMILES string of the molecule is N#Cc1ccccc1Oc1ccc(C#N)c([N+](=O)[O-])c1. The van der Waals surface area contributed by atoms with Gasteiger partial charge in [0, 0.05) is 0 Å². The maximum atomic E-state index is 10.9. The van der Waals surface area contributed by atoms with E-state index in [2.05, 4.69) is 0 Å². The molecular weight excluding hydrogens is 258 g/mol. The summed E-state index contributed by atoms with van der Waals surface area (Å²) in [5.74, 6) is 0.493. The zero-order valence-corrected chi connectivity index (χ0v) is 10.1. The average molecular weight is 265 g/mol. The van der Waals surface area contributed by atoms with Crippen molar-refractivity contribution in [2.45, 2.75) is 0 Å². The number of rotatable bonds is 3. The number of ether oxygens (including phenoxy) is 1. The zero-order chi connectivity index (χ0) is 14.5. The van der Waals surface area contributed by atoms with Gasteiger partial charge >= 0.3 is 0 Å². The smallest absolute Gasteiger partial charge is 0.290 e. The lowest BCUT2D eigenvalue weighted by Crippen LogP contribution is -1.94. The van der Waals surface area contributed by atoms with Crippen LogP contribution in [0.3, 0.4) is 0 Å². The van der Waals surface area contributed by atoms with Crippen molar-refractivity contribution in [1.82, 2.24) is 0 Å². The molecule has 0 fully saturated rings. The Bertz CT molecular complexity index is 757. The number of nitrogens with zero attached hydrogens (tertiary/aromatic N) is 3. The predicted molar refractivity (Wildman–Crippen MR) is 69.0 cm³/mol. The van der Waals surface area contributed by atoms with E-state index in [9.17, 15) is 10.1 Å². The van der Waals surface area contributed by atoms with Crippen LogP contribution in [0, 0.1) is 32.8 Å². The molecule has 0 saturated carbocycles. The van der Waals surface area contributed by atoms with Crippen LogP contribution in [0.25, 0.3) is 0 Å². The monoisotopic (exact) mass is 265 g/mol. The van der Waals surface area contributed by atoms with Gasteiger partial charge in [-0.2, -0.15) is 10.5 Å². The molecule has 0 aliphatic carbocycles. The molecule has 96 valence electrons. The molecule has 6 heteroatoms. The van der Waals surface area contributed by atoms with Gasteiger partial charge in [0.2, 0.25) is 0 Å². The van der Waals surface area contributed by atoms with Crippen molar-refractivity contribution in [3.8, 4) is 23.6 Å². The molecule has 0 N–H and O–H groups in total. The molecule has 0 spiro atoms. The normalized spacial score (nSPS) is 9.30. The fourth-order valence-electron chi connectivity index (χ4n) is 1.60. The second kappa shape index (κ2) is 5.51. The molecule has 2 rings (SSSR count). The second-order valence-corrected chi connectivity index (χ2v) is 3.76. The van der Waals surface area contributed by atoms with E-state index in [1.807, 2.05) is 6.07 Å². The summed E-state index contributed by atoms with van der Waals surface area (Å²) in [6.07, 6.45) is 0. The first-order chi connectivity index (χ1) is 9.65. The Labute approximate surface area is 114 Å². The van der Waals surface area contributed by atoms with Crippen molar-refractivity contribution in [2.75, 3.05) is 0 Å². The number of nitro groups is 1. The Balaban J connectivity index is 2.41. The molecule has 0 heterocycles. The van der Waals surface area contributed by atoms with E-state index >= 15 is 0 Å². The summed E-state index contributed by atoms with van der Waals surface area (Å²) >= 11 is 0. The third-order valence-electron chi connectivity index (χ3n) is 2.52. The van der Waals surface area contributed by atoms with E-state index in [1.54, 1.807) is 30.3 Å².